The van der Waals surface area contributed by atoms with E-state index in [1.807, 2.05) is 6.08 Å². The predicted octanol–water partition coefficient (Wildman–Crippen LogP) is 5.48. The molecule has 1 nitrogen and oxygen atoms in total. The van der Waals surface area contributed by atoms with Gasteiger partial charge in [0, 0.05) is 18.8 Å². The molecule has 0 fully saturated rings. The molecular weight excluding hydrogens is 230 g/mol. The summed E-state index contributed by atoms with van der Waals surface area (Å²) < 4.78 is 0. The number of rotatable bonds is 10. The highest BCUT2D eigenvalue weighted by atomic mass is 15.1. The van der Waals surface area contributed by atoms with Gasteiger partial charge >= 0.3 is 0 Å². The third-order valence-electron chi connectivity index (χ3n) is 3.09. The Labute approximate surface area is 120 Å². The molecule has 0 aromatic carbocycles. The van der Waals surface area contributed by atoms with E-state index in [1.165, 1.54) is 16.8 Å². The minimum atomic E-state index is 0.886. The SMILES string of the molecule is C=CCN(C/C=C(\C)CCC=C(C)C)C(=C)CCC. The highest BCUT2D eigenvalue weighted by Crippen LogP contribution is 2.11. The molecule has 0 aliphatic rings. The molecule has 0 bridgehead atoms. The quantitative estimate of drug-likeness (QED) is 0.471. The summed E-state index contributed by atoms with van der Waals surface area (Å²) in [6.07, 6.45) is 11.1. The van der Waals surface area contributed by atoms with Crippen LogP contribution in [-0.2, 0) is 0 Å². The van der Waals surface area contributed by atoms with Crippen LogP contribution in [0.2, 0.25) is 0 Å². The van der Waals surface area contributed by atoms with Gasteiger partial charge in [0.2, 0.25) is 0 Å². The zero-order chi connectivity index (χ0) is 14.7. The molecule has 108 valence electrons. The van der Waals surface area contributed by atoms with E-state index >= 15 is 0 Å². The number of hydrogen-bond acceptors (Lipinski definition) is 1. The fraction of sp³-hybridized carbons (Fsp3) is 0.556. The molecule has 1 heteroatoms. The number of allylic oxidation sites excluding steroid dienone is 4. The maximum Gasteiger partial charge on any atom is 0.0362 e. The predicted molar refractivity (Wildman–Crippen MR) is 88.2 cm³/mol. The lowest BCUT2D eigenvalue weighted by molar-refractivity contribution is 0.404. The zero-order valence-corrected chi connectivity index (χ0v) is 13.3. The smallest absolute Gasteiger partial charge is 0.0362 e. The molecule has 0 aliphatic heterocycles. The fourth-order valence-electron chi connectivity index (χ4n) is 1.89. The molecular formula is C18H31N. The summed E-state index contributed by atoms with van der Waals surface area (Å²) in [6.45, 7) is 18.5. The maximum atomic E-state index is 4.17. The van der Waals surface area contributed by atoms with Crippen molar-refractivity contribution in [1.29, 1.82) is 0 Å². The Hall–Kier alpha value is -1.24. The summed E-state index contributed by atoms with van der Waals surface area (Å²) in [5.41, 5.74) is 4.07. The van der Waals surface area contributed by atoms with Gasteiger partial charge in [-0.3, -0.25) is 0 Å². The van der Waals surface area contributed by atoms with Crippen LogP contribution in [-0.4, -0.2) is 18.0 Å². The van der Waals surface area contributed by atoms with Gasteiger partial charge in [-0.1, -0.05) is 49.3 Å². The van der Waals surface area contributed by atoms with Crippen LogP contribution in [0.25, 0.3) is 0 Å². The molecule has 0 aromatic heterocycles. The first-order chi connectivity index (χ1) is 9.01. The molecule has 0 heterocycles. The number of hydrogen-bond donors (Lipinski definition) is 0. The zero-order valence-electron chi connectivity index (χ0n) is 13.3. The third kappa shape index (κ3) is 9.35. The molecule has 0 saturated heterocycles. The largest absolute Gasteiger partial charge is 0.368 e. The highest BCUT2D eigenvalue weighted by molar-refractivity contribution is 5.06. The van der Waals surface area contributed by atoms with Crippen LogP contribution in [0, 0.1) is 0 Å². The topological polar surface area (TPSA) is 3.24 Å². The second kappa shape index (κ2) is 10.7. The second-order valence-electron chi connectivity index (χ2n) is 5.38. The Morgan fingerprint density at radius 1 is 1.05 bits per heavy atom. The van der Waals surface area contributed by atoms with Gasteiger partial charge in [-0.15, -0.1) is 6.58 Å². The lowest BCUT2D eigenvalue weighted by Crippen LogP contribution is -2.22. The van der Waals surface area contributed by atoms with E-state index in [1.54, 1.807) is 0 Å². The first-order valence-electron chi connectivity index (χ1n) is 7.33. The van der Waals surface area contributed by atoms with Crippen LogP contribution in [0.4, 0.5) is 0 Å². The van der Waals surface area contributed by atoms with E-state index in [-0.39, 0.29) is 0 Å². The van der Waals surface area contributed by atoms with Crippen molar-refractivity contribution in [1.82, 2.24) is 4.90 Å². The first kappa shape index (κ1) is 17.8. The normalized spacial score (nSPS) is 11.1. The van der Waals surface area contributed by atoms with Crippen LogP contribution in [0.15, 0.2) is 48.2 Å². The van der Waals surface area contributed by atoms with Gasteiger partial charge in [0.25, 0.3) is 0 Å². The van der Waals surface area contributed by atoms with E-state index < -0.39 is 0 Å². The molecule has 0 aromatic rings. The summed E-state index contributed by atoms with van der Waals surface area (Å²) in [6, 6.07) is 0. The van der Waals surface area contributed by atoms with Crippen LogP contribution < -0.4 is 0 Å². The summed E-state index contributed by atoms with van der Waals surface area (Å²) >= 11 is 0. The average Bonchev–Trinajstić information content (AvgIpc) is 2.34. The van der Waals surface area contributed by atoms with E-state index in [9.17, 15) is 0 Å². The van der Waals surface area contributed by atoms with E-state index in [0.717, 1.165) is 38.8 Å². The van der Waals surface area contributed by atoms with Crippen molar-refractivity contribution in [2.75, 3.05) is 13.1 Å². The molecule has 0 N–H and O–H groups in total. The van der Waals surface area contributed by atoms with Crippen molar-refractivity contribution >= 4 is 0 Å². The molecule has 0 atom stereocenters. The fourth-order valence-corrected chi connectivity index (χ4v) is 1.89. The average molecular weight is 261 g/mol. The van der Waals surface area contributed by atoms with Gasteiger partial charge in [0.1, 0.15) is 0 Å². The molecule has 19 heavy (non-hydrogen) atoms. The van der Waals surface area contributed by atoms with Crippen LogP contribution >= 0.6 is 0 Å². The van der Waals surface area contributed by atoms with Gasteiger partial charge in [-0.05, 0) is 40.0 Å². The Bertz CT molecular complexity index is 330. The van der Waals surface area contributed by atoms with Gasteiger partial charge in [0.05, 0.1) is 0 Å². The number of nitrogens with zero attached hydrogens (tertiary/aromatic N) is 1. The Balaban J connectivity index is 4.31. The Morgan fingerprint density at radius 2 is 1.74 bits per heavy atom. The van der Waals surface area contributed by atoms with E-state index in [4.69, 9.17) is 0 Å². The second-order valence-corrected chi connectivity index (χ2v) is 5.38. The molecule has 0 unspecified atom stereocenters. The maximum absolute atomic E-state index is 4.17. The van der Waals surface area contributed by atoms with Gasteiger partial charge < -0.3 is 4.90 Å². The molecule has 0 saturated carbocycles. The minimum absolute atomic E-state index is 0.886. The van der Waals surface area contributed by atoms with Gasteiger partial charge in [0.15, 0.2) is 0 Å². The molecule has 0 spiro atoms. The molecule has 0 amide bonds. The monoisotopic (exact) mass is 261 g/mol. The lowest BCUT2D eigenvalue weighted by atomic mass is 10.1. The van der Waals surface area contributed by atoms with Crippen LogP contribution in [0.1, 0.15) is 53.4 Å². The molecule has 0 aliphatic carbocycles. The minimum Gasteiger partial charge on any atom is -0.368 e. The molecule has 0 rings (SSSR count). The van der Waals surface area contributed by atoms with Crippen molar-refractivity contribution in [3.05, 3.63) is 48.2 Å². The first-order valence-corrected chi connectivity index (χ1v) is 7.33. The lowest BCUT2D eigenvalue weighted by Gasteiger charge is -2.24. The Kier molecular flexibility index (Phi) is 9.97. The third-order valence-corrected chi connectivity index (χ3v) is 3.09. The Morgan fingerprint density at radius 3 is 2.26 bits per heavy atom. The van der Waals surface area contributed by atoms with Crippen LogP contribution in [0.3, 0.4) is 0 Å². The van der Waals surface area contributed by atoms with Crippen molar-refractivity contribution in [2.24, 2.45) is 0 Å². The van der Waals surface area contributed by atoms with Crippen molar-refractivity contribution < 1.29 is 0 Å². The molecule has 0 radical (unpaired) electrons. The summed E-state index contributed by atoms with van der Waals surface area (Å²) in [4.78, 5) is 2.31. The summed E-state index contributed by atoms with van der Waals surface area (Å²) in [7, 11) is 0. The van der Waals surface area contributed by atoms with Crippen molar-refractivity contribution in [2.45, 2.75) is 53.4 Å². The van der Waals surface area contributed by atoms with Crippen molar-refractivity contribution in [3.63, 3.8) is 0 Å². The standard InChI is InChI=1S/C18H31N/c1-7-10-18(6)19(14-8-2)15-13-17(5)12-9-11-16(3)4/h8,11,13H,2,6-7,9-10,12,14-15H2,1,3-5H3/b17-13+. The summed E-state index contributed by atoms with van der Waals surface area (Å²) in [5.74, 6) is 0. The van der Waals surface area contributed by atoms with E-state index in [0.29, 0.717) is 0 Å². The van der Waals surface area contributed by atoms with Crippen molar-refractivity contribution in [3.8, 4) is 0 Å². The van der Waals surface area contributed by atoms with Crippen LogP contribution in [0.5, 0.6) is 0 Å². The van der Waals surface area contributed by atoms with Gasteiger partial charge in [-0.25, -0.2) is 0 Å². The summed E-state index contributed by atoms with van der Waals surface area (Å²) in [5, 5.41) is 0. The highest BCUT2D eigenvalue weighted by Gasteiger charge is 2.03. The van der Waals surface area contributed by atoms with Gasteiger partial charge in [-0.2, -0.15) is 0 Å². The van der Waals surface area contributed by atoms with E-state index in [2.05, 4.69) is 57.9 Å².